The van der Waals surface area contributed by atoms with Crippen LogP contribution in [0, 0.1) is 0 Å². The standard InChI is InChI=1S/C28H29NO4/c1-18(2)20-10-8-9-19(15-20)16-26(27(30)31)29(3)28(32)33-17-25-23-13-6-4-11-21(23)22-12-5-7-14-24(22)25/h4-15,18,25-26H,16-17H2,1-3H3,(H,30,31). The van der Waals surface area contributed by atoms with Gasteiger partial charge in [0.25, 0.3) is 0 Å². The minimum absolute atomic E-state index is 0.0687. The van der Waals surface area contributed by atoms with Crippen LogP contribution in [-0.2, 0) is 16.0 Å². The third kappa shape index (κ3) is 4.63. The summed E-state index contributed by atoms with van der Waals surface area (Å²) in [6.07, 6.45) is -0.416. The first-order valence-corrected chi connectivity index (χ1v) is 11.3. The molecule has 170 valence electrons. The van der Waals surface area contributed by atoms with E-state index in [0.717, 1.165) is 33.4 Å². The summed E-state index contributed by atoms with van der Waals surface area (Å²) in [5, 5.41) is 9.82. The summed E-state index contributed by atoms with van der Waals surface area (Å²) in [7, 11) is 1.49. The van der Waals surface area contributed by atoms with E-state index >= 15 is 0 Å². The van der Waals surface area contributed by atoms with Gasteiger partial charge in [-0.3, -0.25) is 4.90 Å². The SMILES string of the molecule is CC(C)c1cccc(CC(C(=O)O)N(C)C(=O)OCC2c3ccccc3-c3ccccc32)c1. The van der Waals surface area contributed by atoms with Crippen LogP contribution in [0.3, 0.4) is 0 Å². The molecule has 3 aromatic rings. The number of aliphatic carboxylic acids is 1. The number of fused-ring (bicyclic) bond motifs is 3. The Morgan fingerprint density at radius 3 is 2.12 bits per heavy atom. The van der Waals surface area contributed by atoms with Crippen LogP contribution in [-0.4, -0.2) is 41.8 Å². The molecule has 33 heavy (non-hydrogen) atoms. The molecule has 0 bridgehead atoms. The van der Waals surface area contributed by atoms with Crippen molar-refractivity contribution in [2.45, 2.75) is 38.1 Å². The molecule has 0 fully saturated rings. The quantitative estimate of drug-likeness (QED) is 0.510. The molecule has 0 aliphatic heterocycles. The summed E-state index contributed by atoms with van der Waals surface area (Å²) >= 11 is 0. The van der Waals surface area contributed by atoms with Crippen LogP contribution in [0.1, 0.15) is 47.9 Å². The van der Waals surface area contributed by atoms with E-state index in [4.69, 9.17) is 4.74 Å². The fourth-order valence-electron chi connectivity index (χ4n) is 4.52. The van der Waals surface area contributed by atoms with E-state index in [1.807, 2.05) is 48.5 Å². The van der Waals surface area contributed by atoms with Gasteiger partial charge in [0, 0.05) is 19.4 Å². The van der Waals surface area contributed by atoms with E-state index < -0.39 is 18.1 Å². The zero-order valence-electron chi connectivity index (χ0n) is 19.2. The van der Waals surface area contributed by atoms with Gasteiger partial charge in [0.15, 0.2) is 0 Å². The van der Waals surface area contributed by atoms with Gasteiger partial charge in [-0.1, -0.05) is 86.6 Å². The lowest BCUT2D eigenvalue weighted by Crippen LogP contribution is -2.44. The van der Waals surface area contributed by atoms with Crippen molar-refractivity contribution in [1.29, 1.82) is 0 Å². The number of benzene rings is 3. The van der Waals surface area contributed by atoms with Crippen molar-refractivity contribution in [2.24, 2.45) is 0 Å². The lowest BCUT2D eigenvalue weighted by atomic mass is 9.97. The van der Waals surface area contributed by atoms with Gasteiger partial charge < -0.3 is 9.84 Å². The number of carboxylic acids is 1. The second-order valence-electron chi connectivity index (χ2n) is 8.87. The highest BCUT2D eigenvalue weighted by molar-refractivity contribution is 5.81. The van der Waals surface area contributed by atoms with Crippen LogP contribution < -0.4 is 0 Å². The molecule has 4 rings (SSSR count). The molecule has 1 atom stereocenters. The van der Waals surface area contributed by atoms with Crippen molar-refractivity contribution in [1.82, 2.24) is 4.90 Å². The molecule has 5 nitrogen and oxygen atoms in total. The topological polar surface area (TPSA) is 66.8 Å². The van der Waals surface area contributed by atoms with Crippen LogP contribution >= 0.6 is 0 Å². The Morgan fingerprint density at radius 1 is 0.939 bits per heavy atom. The Labute approximate surface area is 194 Å². The fraction of sp³-hybridized carbons (Fsp3) is 0.286. The van der Waals surface area contributed by atoms with Gasteiger partial charge >= 0.3 is 12.1 Å². The van der Waals surface area contributed by atoms with E-state index in [1.165, 1.54) is 11.9 Å². The number of rotatable bonds is 7. The number of hydrogen-bond donors (Lipinski definition) is 1. The summed E-state index contributed by atoms with van der Waals surface area (Å²) in [4.78, 5) is 26.1. The summed E-state index contributed by atoms with van der Waals surface area (Å²) in [6, 6.07) is 23.1. The predicted molar refractivity (Wildman–Crippen MR) is 128 cm³/mol. The van der Waals surface area contributed by atoms with Crippen LogP contribution in [0.5, 0.6) is 0 Å². The Kier molecular flexibility index (Phi) is 6.50. The summed E-state index contributed by atoms with van der Waals surface area (Å²) in [6.45, 7) is 4.35. The van der Waals surface area contributed by atoms with Gasteiger partial charge in [-0.25, -0.2) is 9.59 Å². The lowest BCUT2D eigenvalue weighted by Gasteiger charge is -2.25. The first-order valence-electron chi connectivity index (χ1n) is 11.3. The Hall–Kier alpha value is -3.60. The number of nitrogens with zero attached hydrogens (tertiary/aromatic N) is 1. The molecule has 0 heterocycles. The fourth-order valence-corrected chi connectivity index (χ4v) is 4.52. The molecule has 0 radical (unpaired) electrons. The molecule has 5 heteroatoms. The molecule has 1 N–H and O–H groups in total. The van der Waals surface area contributed by atoms with Crippen LogP contribution in [0.25, 0.3) is 11.1 Å². The molecule has 0 saturated carbocycles. The van der Waals surface area contributed by atoms with E-state index in [1.54, 1.807) is 0 Å². The first kappa shape index (κ1) is 22.6. The van der Waals surface area contributed by atoms with Crippen molar-refractivity contribution < 1.29 is 19.4 Å². The maximum atomic E-state index is 12.9. The number of hydrogen-bond acceptors (Lipinski definition) is 3. The number of carbonyl (C=O) groups excluding carboxylic acids is 1. The summed E-state index contributed by atoms with van der Waals surface area (Å²) < 4.78 is 5.66. The first-order chi connectivity index (χ1) is 15.9. The number of carboxylic acid groups (broad SMARTS) is 1. The number of amides is 1. The average molecular weight is 444 g/mol. The molecule has 1 amide bonds. The Bertz CT molecular complexity index is 1120. The Morgan fingerprint density at radius 2 is 1.55 bits per heavy atom. The third-order valence-corrected chi connectivity index (χ3v) is 6.42. The molecule has 0 aromatic heterocycles. The maximum Gasteiger partial charge on any atom is 0.410 e. The molecule has 3 aromatic carbocycles. The van der Waals surface area contributed by atoms with Gasteiger partial charge in [0.2, 0.25) is 0 Å². The zero-order chi connectivity index (χ0) is 23.5. The highest BCUT2D eigenvalue weighted by atomic mass is 16.6. The van der Waals surface area contributed by atoms with E-state index in [9.17, 15) is 14.7 Å². The molecule has 0 spiro atoms. The molecule has 1 aliphatic rings. The van der Waals surface area contributed by atoms with E-state index in [-0.39, 0.29) is 18.9 Å². The van der Waals surface area contributed by atoms with Crippen molar-refractivity contribution in [2.75, 3.05) is 13.7 Å². The van der Waals surface area contributed by atoms with Crippen LogP contribution in [0.2, 0.25) is 0 Å². The van der Waals surface area contributed by atoms with Crippen LogP contribution in [0.15, 0.2) is 72.8 Å². The van der Waals surface area contributed by atoms with Crippen molar-refractivity contribution in [3.63, 3.8) is 0 Å². The van der Waals surface area contributed by atoms with Gasteiger partial charge in [-0.15, -0.1) is 0 Å². The molecular formula is C28H29NO4. The lowest BCUT2D eigenvalue weighted by molar-refractivity contribution is -0.142. The normalized spacial score (nSPS) is 13.3. The van der Waals surface area contributed by atoms with Gasteiger partial charge in [-0.2, -0.15) is 0 Å². The van der Waals surface area contributed by atoms with Crippen molar-refractivity contribution in [3.05, 3.63) is 95.1 Å². The molecular weight excluding hydrogens is 414 g/mol. The van der Waals surface area contributed by atoms with Gasteiger partial charge in [-0.05, 0) is 39.3 Å². The summed E-state index contributed by atoms with van der Waals surface area (Å²) in [5.41, 5.74) is 6.56. The highest BCUT2D eigenvalue weighted by Crippen LogP contribution is 2.44. The monoisotopic (exact) mass is 443 g/mol. The maximum absolute atomic E-state index is 12.9. The summed E-state index contributed by atoms with van der Waals surface area (Å²) in [5.74, 6) is -0.783. The van der Waals surface area contributed by atoms with Crippen LogP contribution in [0.4, 0.5) is 4.79 Å². The number of carbonyl (C=O) groups is 2. The Balaban J connectivity index is 1.47. The van der Waals surface area contributed by atoms with E-state index in [0.29, 0.717) is 5.92 Å². The minimum Gasteiger partial charge on any atom is -0.480 e. The van der Waals surface area contributed by atoms with E-state index in [2.05, 4.69) is 38.1 Å². The van der Waals surface area contributed by atoms with Gasteiger partial charge in [0.1, 0.15) is 12.6 Å². The van der Waals surface area contributed by atoms with Crippen molar-refractivity contribution >= 4 is 12.1 Å². The third-order valence-electron chi connectivity index (χ3n) is 6.42. The molecule has 1 unspecified atom stereocenters. The minimum atomic E-state index is -1.05. The smallest absolute Gasteiger partial charge is 0.410 e. The zero-order valence-corrected chi connectivity index (χ0v) is 19.2. The molecule has 1 aliphatic carbocycles. The second-order valence-corrected chi connectivity index (χ2v) is 8.87. The van der Waals surface area contributed by atoms with Crippen molar-refractivity contribution in [3.8, 4) is 11.1 Å². The number of ether oxygens (including phenoxy) is 1. The highest BCUT2D eigenvalue weighted by Gasteiger charge is 2.32. The van der Waals surface area contributed by atoms with Gasteiger partial charge in [0.05, 0.1) is 0 Å². The molecule has 0 saturated heterocycles. The predicted octanol–water partition coefficient (Wildman–Crippen LogP) is 5.69. The second kappa shape index (κ2) is 9.49. The number of likely N-dealkylation sites (N-methyl/N-ethyl adjacent to an activating group) is 1. The average Bonchev–Trinajstić information content (AvgIpc) is 3.14. The largest absolute Gasteiger partial charge is 0.480 e.